The number of hydrogen-bond acceptors (Lipinski definition) is 6. The fourth-order valence-electron chi connectivity index (χ4n) is 1.90. The minimum Gasteiger partial charge on any atom is -0.493 e. The van der Waals surface area contributed by atoms with Crippen LogP contribution in [0.4, 0.5) is 5.69 Å². The van der Waals surface area contributed by atoms with Crippen LogP contribution in [-0.4, -0.2) is 24.1 Å². The van der Waals surface area contributed by atoms with Crippen LogP contribution in [-0.2, 0) is 0 Å². The van der Waals surface area contributed by atoms with Gasteiger partial charge in [0.2, 0.25) is 0 Å². The number of benzene rings is 1. The average Bonchev–Trinajstić information content (AvgIpc) is 2.95. The molecule has 7 heteroatoms. The van der Waals surface area contributed by atoms with Crippen LogP contribution in [0.5, 0.6) is 11.5 Å². The van der Waals surface area contributed by atoms with Crippen molar-refractivity contribution in [1.29, 1.82) is 0 Å². The smallest absolute Gasteiger partial charge is 0.284 e. The van der Waals surface area contributed by atoms with Gasteiger partial charge in [-0.25, -0.2) is 4.98 Å². The summed E-state index contributed by atoms with van der Waals surface area (Å²) in [5.41, 5.74) is 0.177. The average molecular weight is 310 g/mol. The van der Waals surface area contributed by atoms with Crippen molar-refractivity contribution in [2.45, 2.75) is 27.2 Å². The van der Waals surface area contributed by atoms with Crippen molar-refractivity contribution in [2.24, 2.45) is 0 Å². The molecule has 1 aromatic heterocycles. The van der Waals surface area contributed by atoms with Gasteiger partial charge in [-0.2, -0.15) is 0 Å². The van der Waals surface area contributed by atoms with Crippen LogP contribution in [0.15, 0.2) is 22.7 Å². The molecule has 0 fully saturated rings. The van der Waals surface area contributed by atoms with Gasteiger partial charge in [0.25, 0.3) is 5.69 Å². The number of oxazole rings is 1. The fourth-order valence-corrected chi connectivity index (χ4v) is 1.90. The van der Waals surface area contributed by atoms with Crippen LogP contribution in [0.3, 0.4) is 0 Å². The zero-order chi connectivity index (χ0) is 15.6. The predicted molar refractivity (Wildman–Crippen MR) is 84.6 cm³/mol. The molecule has 0 saturated heterocycles. The van der Waals surface area contributed by atoms with Crippen LogP contribution in [0.2, 0.25) is 0 Å². The molecule has 0 aliphatic heterocycles. The lowest BCUT2D eigenvalue weighted by molar-refractivity contribution is -0.384. The maximum atomic E-state index is 11.3. The molecule has 0 atom stereocenters. The highest BCUT2D eigenvalue weighted by Gasteiger charge is 2.23. The van der Waals surface area contributed by atoms with Gasteiger partial charge in [-0.15, -0.1) is 0 Å². The lowest BCUT2D eigenvalue weighted by Crippen LogP contribution is -1.96. The summed E-state index contributed by atoms with van der Waals surface area (Å²) in [5.74, 6) is 1.62. The van der Waals surface area contributed by atoms with Crippen LogP contribution in [0.25, 0.3) is 11.3 Å². The molecule has 2 aromatic rings. The number of hydrogen-bond donors (Lipinski definition) is 0. The Hall–Kier alpha value is -2.57. The second-order valence-electron chi connectivity index (χ2n) is 4.70. The Morgan fingerprint density at radius 1 is 1.27 bits per heavy atom. The third-order valence-electron chi connectivity index (χ3n) is 2.98. The minimum atomic E-state index is -0.491. The van der Waals surface area contributed by atoms with Crippen molar-refractivity contribution in [2.75, 3.05) is 14.2 Å². The quantitative estimate of drug-likeness (QED) is 0.605. The molecule has 1 heterocycles. The van der Waals surface area contributed by atoms with Gasteiger partial charge in [-0.3, -0.25) is 10.1 Å². The number of nitro groups is 1. The van der Waals surface area contributed by atoms with E-state index in [9.17, 15) is 10.1 Å². The molecule has 0 aliphatic carbocycles. The van der Waals surface area contributed by atoms with E-state index >= 15 is 0 Å². The van der Waals surface area contributed by atoms with Gasteiger partial charge >= 0.3 is 0 Å². The Labute approximate surface area is 130 Å². The molecule has 0 aliphatic rings. The summed E-state index contributed by atoms with van der Waals surface area (Å²) in [4.78, 5) is 14.9. The molecule has 22 heavy (non-hydrogen) atoms. The van der Waals surface area contributed by atoms with Gasteiger partial charge in [-0.1, -0.05) is 21.3 Å². The van der Waals surface area contributed by atoms with Gasteiger partial charge in [0.15, 0.2) is 23.1 Å². The molecule has 122 valence electrons. The second kappa shape index (κ2) is 6.93. The van der Waals surface area contributed by atoms with E-state index in [1.54, 1.807) is 0 Å². The lowest BCUT2D eigenvalue weighted by Gasteiger charge is -2.09. The molecule has 0 amide bonds. The molecule has 0 saturated carbocycles. The summed E-state index contributed by atoms with van der Waals surface area (Å²) in [7, 11) is 2.89. The summed E-state index contributed by atoms with van der Waals surface area (Å²) in [6, 6.07) is 2.83. The van der Waals surface area contributed by atoms with E-state index in [0.29, 0.717) is 23.0 Å². The molecule has 0 radical (unpaired) electrons. The molecule has 0 unspecified atom stereocenters. The molecule has 2 rings (SSSR count). The number of aromatic nitrogens is 1. The van der Waals surface area contributed by atoms with Crippen molar-refractivity contribution in [3.63, 3.8) is 0 Å². The first-order chi connectivity index (χ1) is 9.97. The first kappa shape index (κ1) is 17.5. The standard InChI is InChI=1S/C14H16N2O5.CH4.H2/c1-8(2)14-15-7-13(21-14)9-5-11(19-3)12(20-4)6-10(9)16(17)18;;/h5-8H,1-4H3;1H4;1H. The van der Waals surface area contributed by atoms with Gasteiger partial charge in [0, 0.05) is 13.4 Å². The SMILES string of the molecule is C.COc1cc(-c2cnc(C(C)C)o2)c([N+](=O)[O-])cc1OC.[HH]. The Bertz CT molecular complexity index is 670. The molecule has 0 spiro atoms. The van der Waals surface area contributed by atoms with Gasteiger partial charge in [-0.05, 0) is 0 Å². The zero-order valence-electron chi connectivity index (χ0n) is 12.2. The Morgan fingerprint density at radius 3 is 2.32 bits per heavy atom. The van der Waals surface area contributed by atoms with Gasteiger partial charge in [0.05, 0.1) is 31.4 Å². The highest BCUT2D eigenvalue weighted by atomic mass is 16.6. The molecule has 7 nitrogen and oxygen atoms in total. The first-order valence-corrected chi connectivity index (χ1v) is 6.34. The summed E-state index contributed by atoms with van der Waals surface area (Å²) in [6.45, 7) is 3.86. The van der Waals surface area contributed by atoms with Gasteiger partial charge < -0.3 is 13.9 Å². The van der Waals surface area contributed by atoms with Crippen molar-refractivity contribution >= 4 is 5.69 Å². The monoisotopic (exact) mass is 310 g/mol. The third-order valence-corrected chi connectivity index (χ3v) is 2.98. The van der Waals surface area contributed by atoms with Crippen LogP contribution < -0.4 is 9.47 Å². The summed E-state index contributed by atoms with van der Waals surface area (Å²) in [6.07, 6.45) is 1.48. The Morgan fingerprint density at radius 2 is 1.86 bits per heavy atom. The fraction of sp³-hybridized carbons (Fsp3) is 0.400. The third kappa shape index (κ3) is 3.19. The number of nitro benzene ring substituents is 1. The lowest BCUT2D eigenvalue weighted by atomic mass is 10.1. The van der Waals surface area contributed by atoms with Crippen molar-refractivity contribution in [3.05, 3.63) is 34.3 Å². The van der Waals surface area contributed by atoms with E-state index in [1.807, 2.05) is 13.8 Å². The van der Waals surface area contributed by atoms with Crippen LogP contribution in [0.1, 0.15) is 34.5 Å². The highest BCUT2D eigenvalue weighted by Crippen LogP contribution is 2.40. The topological polar surface area (TPSA) is 87.6 Å². The molecule has 1 aromatic carbocycles. The second-order valence-corrected chi connectivity index (χ2v) is 4.70. The molecule has 0 bridgehead atoms. The summed E-state index contributed by atoms with van der Waals surface area (Å²) < 4.78 is 15.8. The maximum absolute atomic E-state index is 11.3. The van der Waals surface area contributed by atoms with Crippen LogP contribution >= 0.6 is 0 Å². The molecular weight excluding hydrogens is 288 g/mol. The van der Waals surface area contributed by atoms with E-state index in [0.717, 1.165) is 0 Å². The van der Waals surface area contributed by atoms with E-state index in [1.165, 1.54) is 32.5 Å². The Balaban J connectivity index is 0.00000242. The largest absolute Gasteiger partial charge is 0.493 e. The number of methoxy groups -OCH3 is 2. The molecular formula is C15H22N2O5. The van der Waals surface area contributed by atoms with Crippen molar-refractivity contribution < 1.29 is 20.2 Å². The first-order valence-electron chi connectivity index (χ1n) is 6.34. The van der Waals surface area contributed by atoms with Gasteiger partial charge in [0.1, 0.15) is 5.56 Å². The van der Waals surface area contributed by atoms with E-state index in [4.69, 9.17) is 13.9 Å². The minimum absolute atomic E-state index is 0. The van der Waals surface area contributed by atoms with Crippen molar-refractivity contribution in [3.8, 4) is 22.8 Å². The van der Waals surface area contributed by atoms with Crippen molar-refractivity contribution in [1.82, 2.24) is 4.98 Å². The highest BCUT2D eigenvalue weighted by molar-refractivity contribution is 5.73. The number of rotatable bonds is 5. The van der Waals surface area contributed by atoms with E-state index in [-0.39, 0.29) is 26.2 Å². The predicted octanol–water partition coefficient (Wildman–Crippen LogP) is 4.27. The number of nitrogens with zero attached hydrogens (tertiary/aromatic N) is 2. The van der Waals surface area contributed by atoms with E-state index < -0.39 is 4.92 Å². The number of ether oxygens (including phenoxy) is 2. The van der Waals surface area contributed by atoms with Crippen LogP contribution in [0, 0.1) is 10.1 Å². The summed E-state index contributed by atoms with van der Waals surface area (Å²) >= 11 is 0. The van der Waals surface area contributed by atoms with E-state index in [2.05, 4.69) is 4.98 Å². The Kier molecular flexibility index (Phi) is 5.50. The zero-order valence-corrected chi connectivity index (χ0v) is 12.2. The maximum Gasteiger partial charge on any atom is 0.284 e. The molecule has 0 N–H and O–H groups in total. The summed E-state index contributed by atoms with van der Waals surface area (Å²) in [5, 5.41) is 11.3. The normalized spacial score (nSPS) is 10.2.